The number of carbonyl (C=O) groups excluding carboxylic acids is 1. The molecular formula is C14H15NO4. The van der Waals surface area contributed by atoms with E-state index < -0.39 is 24.0 Å². The number of amides is 1. The summed E-state index contributed by atoms with van der Waals surface area (Å²) in [6, 6.07) is 6.51. The second kappa shape index (κ2) is 5.14. The van der Waals surface area contributed by atoms with Crippen LogP contribution in [0.15, 0.2) is 36.9 Å². The maximum Gasteiger partial charge on any atom is 0.414 e. The van der Waals surface area contributed by atoms with E-state index in [1.807, 2.05) is 0 Å². The number of carboxylic acid groups (broad SMARTS) is 1. The van der Waals surface area contributed by atoms with Crippen LogP contribution in [0.1, 0.15) is 18.4 Å². The Balaban J connectivity index is 2.38. The van der Waals surface area contributed by atoms with Gasteiger partial charge in [-0.3, -0.25) is 9.69 Å². The molecule has 1 N–H and O–H groups in total. The SMILES string of the molecule is C=CCOC(=O)N1c2ccccc2C(C(=O)O)C1C. The molecule has 19 heavy (non-hydrogen) atoms. The van der Waals surface area contributed by atoms with Crippen molar-refractivity contribution in [2.75, 3.05) is 11.5 Å². The number of rotatable bonds is 3. The molecule has 100 valence electrons. The van der Waals surface area contributed by atoms with Crippen molar-refractivity contribution in [1.82, 2.24) is 0 Å². The molecule has 1 aliphatic rings. The van der Waals surface area contributed by atoms with Crippen LogP contribution >= 0.6 is 0 Å². The van der Waals surface area contributed by atoms with Crippen molar-refractivity contribution < 1.29 is 19.4 Å². The average Bonchev–Trinajstić information content (AvgIpc) is 2.68. The standard InChI is InChI=1S/C14H15NO4/c1-3-8-19-14(18)15-9(2)12(13(16)17)10-6-4-5-7-11(10)15/h3-7,9,12H,1,8H2,2H3,(H,16,17). The topological polar surface area (TPSA) is 66.8 Å². The number of hydrogen-bond acceptors (Lipinski definition) is 3. The van der Waals surface area contributed by atoms with Gasteiger partial charge in [-0.15, -0.1) is 0 Å². The van der Waals surface area contributed by atoms with Crippen molar-refractivity contribution in [2.45, 2.75) is 18.9 Å². The van der Waals surface area contributed by atoms with Crippen LogP contribution in [0.3, 0.4) is 0 Å². The molecule has 0 saturated carbocycles. The molecular weight excluding hydrogens is 246 g/mol. The van der Waals surface area contributed by atoms with Crippen LogP contribution < -0.4 is 4.90 Å². The third-order valence-corrected chi connectivity index (χ3v) is 3.21. The molecule has 1 aromatic carbocycles. The molecule has 0 spiro atoms. The summed E-state index contributed by atoms with van der Waals surface area (Å²) in [6.45, 7) is 5.28. The average molecular weight is 261 g/mol. The summed E-state index contributed by atoms with van der Waals surface area (Å²) < 4.78 is 5.01. The largest absolute Gasteiger partial charge is 0.481 e. The number of ether oxygens (including phenoxy) is 1. The minimum absolute atomic E-state index is 0.0992. The number of carbonyl (C=O) groups is 2. The Labute approximate surface area is 111 Å². The van der Waals surface area contributed by atoms with Gasteiger partial charge in [0.05, 0.1) is 11.7 Å². The Morgan fingerprint density at radius 1 is 1.47 bits per heavy atom. The molecule has 2 unspecified atom stereocenters. The highest BCUT2D eigenvalue weighted by molar-refractivity contribution is 5.96. The highest BCUT2D eigenvalue weighted by atomic mass is 16.6. The minimum atomic E-state index is -0.945. The number of nitrogens with zero attached hydrogens (tertiary/aromatic N) is 1. The van der Waals surface area contributed by atoms with Crippen molar-refractivity contribution in [3.05, 3.63) is 42.5 Å². The number of anilines is 1. The lowest BCUT2D eigenvalue weighted by Gasteiger charge is -2.23. The van der Waals surface area contributed by atoms with Gasteiger partial charge in [-0.2, -0.15) is 0 Å². The Kier molecular flexibility index (Phi) is 3.55. The lowest BCUT2D eigenvalue weighted by molar-refractivity contribution is -0.138. The lowest BCUT2D eigenvalue weighted by atomic mass is 9.96. The van der Waals surface area contributed by atoms with Crippen LogP contribution in [0.2, 0.25) is 0 Å². The zero-order valence-corrected chi connectivity index (χ0v) is 10.6. The fraction of sp³-hybridized carbons (Fsp3) is 0.286. The zero-order chi connectivity index (χ0) is 14.0. The number of para-hydroxylation sites is 1. The summed E-state index contributed by atoms with van der Waals surface area (Å²) in [7, 11) is 0. The zero-order valence-electron chi connectivity index (χ0n) is 10.6. The monoisotopic (exact) mass is 261 g/mol. The summed E-state index contributed by atoms with van der Waals surface area (Å²) in [4.78, 5) is 24.8. The van der Waals surface area contributed by atoms with Crippen LogP contribution in [0.5, 0.6) is 0 Å². The van der Waals surface area contributed by atoms with Crippen LogP contribution in [-0.2, 0) is 9.53 Å². The van der Waals surface area contributed by atoms with E-state index in [0.717, 1.165) is 0 Å². The third kappa shape index (κ3) is 2.19. The Hall–Kier alpha value is -2.30. The van der Waals surface area contributed by atoms with Gasteiger partial charge in [0.15, 0.2) is 0 Å². The Bertz CT molecular complexity index is 526. The quantitative estimate of drug-likeness (QED) is 0.848. The molecule has 0 fully saturated rings. The molecule has 1 heterocycles. The third-order valence-electron chi connectivity index (χ3n) is 3.21. The fourth-order valence-corrected chi connectivity index (χ4v) is 2.40. The van der Waals surface area contributed by atoms with Crippen molar-refractivity contribution in [2.24, 2.45) is 0 Å². The second-order valence-electron chi connectivity index (χ2n) is 4.35. The predicted octanol–water partition coefficient (Wildman–Crippen LogP) is 2.39. The summed E-state index contributed by atoms with van der Waals surface area (Å²) in [6.07, 6.45) is 0.919. The number of fused-ring (bicyclic) bond motifs is 1. The highest BCUT2D eigenvalue weighted by Crippen LogP contribution is 2.41. The summed E-state index contributed by atoms with van der Waals surface area (Å²) in [5.41, 5.74) is 1.23. The normalized spacial score (nSPS) is 20.8. The van der Waals surface area contributed by atoms with Gasteiger partial charge in [-0.05, 0) is 18.6 Å². The van der Waals surface area contributed by atoms with Gasteiger partial charge < -0.3 is 9.84 Å². The molecule has 0 bridgehead atoms. The van der Waals surface area contributed by atoms with E-state index in [0.29, 0.717) is 11.3 Å². The van der Waals surface area contributed by atoms with E-state index in [4.69, 9.17) is 4.74 Å². The number of carboxylic acids is 1. The van der Waals surface area contributed by atoms with Gasteiger partial charge in [-0.1, -0.05) is 30.9 Å². The van der Waals surface area contributed by atoms with Crippen molar-refractivity contribution >= 4 is 17.7 Å². The number of hydrogen-bond donors (Lipinski definition) is 1. The van der Waals surface area contributed by atoms with Crippen LogP contribution in [-0.4, -0.2) is 29.8 Å². The van der Waals surface area contributed by atoms with Crippen molar-refractivity contribution in [3.8, 4) is 0 Å². The minimum Gasteiger partial charge on any atom is -0.481 e. The molecule has 1 aliphatic heterocycles. The van der Waals surface area contributed by atoms with E-state index in [9.17, 15) is 14.7 Å². The maximum absolute atomic E-state index is 12.0. The van der Waals surface area contributed by atoms with E-state index >= 15 is 0 Å². The van der Waals surface area contributed by atoms with Gasteiger partial charge in [0.25, 0.3) is 0 Å². The van der Waals surface area contributed by atoms with E-state index in [1.165, 1.54) is 11.0 Å². The van der Waals surface area contributed by atoms with Gasteiger partial charge in [-0.25, -0.2) is 4.79 Å². The van der Waals surface area contributed by atoms with E-state index in [-0.39, 0.29) is 6.61 Å². The molecule has 2 rings (SSSR count). The van der Waals surface area contributed by atoms with Gasteiger partial charge >= 0.3 is 12.1 Å². The first-order chi connectivity index (χ1) is 9.07. The maximum atomic E-state index is 12.0. The fourth-order valence-electron chi connectivity index (χ4n) is 2.40. The van der Waals surface area contributed by atoms with Gasteiger partial charge in [0.1, 0.15) is 12.5 Å². The van der Waals surface area contributed by atoms with Gasteiger partial charge in [0, 0.05) is 0 Å². The van der Waals surface area contributed by atoms with E-state index in [2.05, 4.69) is 6.58 Å². The summed E-state index contributed by atoms with van der Waals surface area (Å²) >= 11 is 0. The summed E-state index contributed by atoms with van der Waals surface area (Å²) in [5, 5.41) is 9.31. The van der Waals surface area contributed by atoms with Crippen LogP contribution in [0.4, 0.5) is 10.5 Å². The first kappa shape index (κ1) is 13.1. The van der Waals surface area contributed by atoms with E-state index in [1.54, 1.807) is 31.2 Å². The second-order valence-corrected chi connectivity index (χ2v) is 4.35. The molecule has 2 atom stereocenters. The van der Waals surface area contributed by atoms with Gasteiger partial charge in [0.2, 0.25) is 0 Å². The highest BCUT2D eigenvalue weighted by Gasteiger charge is 2.43. The molecule has 5 nitrogen and oxygen atoms in total. The molecule has 0 aromatic heterocycles. The molecule has 0 saturated heterocycles. The van der Waals surface area contributed by atoms with Crippen molar-refractivity contribution in [1.29, 1.82) is 0 Å². The molecule has 1 aromatic rings. The van der Waals surface area contributed by atoms with Crippen LogP contribution in [0, 0.1) is 0 Å². The first-order valence-electron chi connectivity index (χ1n) is 5.96. The Morgan fingerprint density at radius 3 is 2.79 bits per heavy atom. The molecule has 1 amide bonds. The summed E-state index contributed by atoms with van der Waals surface area (Å²) in [5.74, 6) is -1.67. The Morgan fingerprint density at radius 2 is 2.16 bits per heavy atom. The molecule has 5 heteroatoms. The van der Waals surface area contributed by atoms with Crippen molar-refractivity contribution in [3.63, 3.8) is 0 Å². The predicted molar refractivity (Wildman–Crippen MR) is 70.3 cm³/mol. The van der Waals surface area contributed by atoms with Crippen LogP contribution in [0.25, 0.3) is 0 Å². The molecule has 0 radical (unpaired) electrons. The number of aliphatic carboxylic acids is 1. The first-order valence-corrected chi connectivity index (χ1v) is 5.96. The smallest absolute Gasteiger partial charge is 0.414 e. The molecule has 0 aliphatic carbocycles. The lowest BCUT2D eigenvalue weighted by Crippen LogP contribution is -2.39. The number of benzene rings is 1.